The molecule has 8 nitrogen and oxygen atoms in total. The smallest absolute Gasteiger partial charge is 0.221 e. The third-order valence-corrected chi connectivity index (χ3v) is 6.54. The highest BCUT2D eigenvalue weighted by Gasteiger charge is 2.15. The minimum atomic E-state index is -1.48. The second kappa shape index (κ2) is 9.86. The molecule has 3 heterocycles. The van der Waals surface area contributed by atoms with E-state index in [2.05, 4.69) is 24.7 Å². The molecule has 0 saturated carbocycles. The lowest BCUT2D eigenvalue weighted by Crippen LogP contribution is -2.06. The average Bonchev–Trinajstić information content (AvgIpc) is 2.92. The number of ether oxygens (including phenoxy) is 2. The highest BCUT2D eigenvalue weighted by atomic mass is 32.2. The fraction of sp³-hybridized carbons (Fsp3) is 0.0769. The molecule has 1 unspecified atom stereocenters. The van der Waals surface area contributed by atoms with Gasteiger partial charge in [0.2, 0.25) is 5.88 Å². The van der Waals surface area contributed by atoms with E-state index in [1.54, 1.807) is 38.9 Å². The molecular weight excluding hydrogens is 462 g/mol. The first-order chi connectivity index (χ1) is 17.2. The number of aromatic nitrogens is 4. The number of benzene rings is 2. The molecule has 0 fully saturated rings. The van der Waals surface area contributed by atoms with Crippen molar-refractivity contribution in [2.24, 2.45) is 0 Å². The van der Waals surface area contributed by atoms with E-state index in [1.165, 1.54) is 6.33 Å². The van der Waals surface area contributed by atoms with Crippen LogP contribution in [0, 0.1) is 0 Å². The first-order valence-corrected chi connectivity index (χ1v) is 11.8. The average molecular weight is 484 g/mol. The largest absolute Gasteiger partial charge is 0.496 e. The summed E-state index contributed by atoms with van der Waals surface area (Å²) in [7, 11) is 1.75. The topological polar surface area (TPSA) is 99.1 Å². The molecule has 0 radical (unpaired) electrons. The lowest BCUT2D eigenvalue weighted by molar-refractivity contribution is 0.399. The number of hydrogen-bond acceptors (Lipinski definition) is 7. The molecule has 0 aliphatic carbocycles. The first-order valence-electron chi connectivity index (χ1n) is 10.7. The van der Waals surface area contributed by atoms with Crippen LogP contribution in [0.1, 0.15) is 0 Å². The fourth-order valence-electron chi connectivity index (χ4n) is 3.82. The molecule has 9 heteroatoms. The van der Waals surface area contributed by atoms with Crippen LogP contribution in [0.5, 0.6) is 11.6 Å². The van der Waals surface area contributed by atoms with Crippen molar-refractivity contribution in [1.82, 2.24) is 19.9 Å². The molecule has 3 aromatic heterocycles. The van der Waals surface area contributed by atoms with Gasteiger partial charge in [0.05, 0.1) is 24.8 Å². The van der Waals surface area contributed by atoms with E-state index >= 15 is 0 Å². The van der Waals surface area contributed by atoms with Crippen LogP contribution in [-0.4, -0.2) is 38.4 Å². The molecule has 2 aromatic carbocycles. The van der Waals surface area contributed by atoms with Gasteiger partial charge in [-0.3, -0.25) is 9.71 Å². The Morgan fingerprint density at radius 3 is 2.54 bits per heavy atom. The second-order valence-corrected chi connectivity index (χ2v) is 8.70. The Morgan fingerprint density at radius 1 is 0.829 bits per heavy atom. The van der Waals surface area contributed by atoms with Crippen molar-refractivity contribution in [1.29, 1.82) is 0 Å². The molecule has 0 aliphatic heterocycles. The summed E-state index contributed by atoms with van der Waals surface area (Å²) in [5.74, 6) is 1.71. The predicted molar refractivity (Wildman–Crippen MR) is 136 cm³/mol. The molecule has 5 rings (SSSR count). The predicted octanol–water partition coefficient (Wildman–Crippen LogP) is 4.91. The Bertz CT molecular complexity index is 1530. The molecule has 0 aliphatic rings. The van der Waals surface area contributed by atoms with Gasteiger partial charge in [0.25, 0.3) is 0 Å². The van der Waals surface area contributed by atoms with Crippen molar-refractivity contribution in [2.45, 2.75) is 4.90 Å². The van der Waals surface area contributed by atoms with Gasteiger partial charge in [0.15, 0.2) is 11.0 Å². The highest BCUT2D eigenvalue weighted by molar-refractivity contribution is 7.86. The van der Waals surface area contributed by atoms with E-state index < -0.39 is 11.0 Å². The molecule has 0 amide bonds. The summed E-state index contributed by atoms with van der Waals surface area (Å²) in [5, 5.41) is 1.82. The van der Waals surface area contributed by atoms with E-state index in [4.69, 9.17) is 9.47 Å². The summed E-state index contributed by atoms with van der Waals surface area (Å²) in [5.41, 5.74) is 3.40. The number of anilines is 1. The zero-order valence-corrected chi connectivity index (χ0v) is 19.8. The van der Waals surface area contributed by atoms with Gasteiger partial charge < -0.3 is 9.47 Å². The zero-order chi connectivity index (χ0) is 24.2. The van der Waals surface area contributed by atoms with Crippen molar-refractivity contribution >= 4 is 27.6 Å². The molecule has 0 saturated heterocycles. The van der Waals surface area contributed by atoms with Gasteiger partial charge >= 0.3 is 0 Å². The summed E-state index contributed by atoms with van der Waals surface area (Å²) < 4.78 is 26.9. The van der Waals surface area contributed by atoms with Crippen LogP contribution in [0.2, 0.25) is 0 Å². The molecule has 174 valence electrons. The molecule has 0 bridgehead atoms. The van der Waals surface area contributed by atoms with E-state index in [1.807, 2.05) is 54.6 Å². The third-order valence-electron chi connectivity index (χ3n) is 5.46. The number of nitrogens with one attached hydrogen (secondary N) is 1. The number of nitrogens with zero attached hydrogens (tertiary/aromatic N) is 4. The first kappa shape index (κ1) is 22.4. The van der Waals surface area contributed by atoms with Gasteiger partial charge in [-0.1, -0.05) is 12.1 Å². The maximum atomic E-state index is 12.8. The van der Waals surface area contributed by atoms with Gasteiger partial charge in [0, 0.05) is 35.1 Å². The minimum Gasteiger partial charge on any atom is -0.496 e. The van der Waals surface area contributed by atoms with Gasteiger partial charge in [-0.05, 0) is 59.5 Å². The summed E-state index contributed by atoms with van der Waals surface area (Å²) in [6, 6.07) is 18.9. The Labute approximate surface area is 204 Å². The summed E-state index contributed by atoms with van der Waals surface area (Å²) in [6.07, 6.45) is 6.42. The van der Waals surface area contributed by atoms with Crippen molar-refractivity contribution in [3.8, 4) is 34.0 Å². The maximum absolute atomic E-state index is 12.8. The minimum absolute atomic E-state index is 0.490. The number of fused-ring (bicyclic) bond motifs is 1. The second-order valence-electron chi connectivity index (χ2n) is 7.48. The number of hydrogen-bond donors (Lipinski definition) is 1. The van der Waals surface area contributed by atoms with Crippen LogP contribution in [0.3, 0.4) is 0 Å². The normalized spacial score (nSPS) is 11.7. The van der Waals surface area contributed by atoms with Gasteiger partial charge in [-0.2, -0.15) is 0 Å². The van der Waals surface area contributed by atoms with Gasteiger partial charge in [0.1, 0.15) is 17.9 Å². The number of pyridine rings is 2. The van der Waals surface area contributed by atoms with E-state index in [9.17, 15) is 4.21 Å². The van der Waals surface area contributed by atoms with Crippen molar-refractivity contribution in [3.05, 3.63) is 85.6 Å². The lowest BCUT2D eigenvalue weighted by Gasteiger charge is -2.14. The van der Waals surface area contributed by atoms with E-state index in [0.29, 0.717) is 22.3 Å². The Kier molecular flexibility index (Phi) is 6.32. The van der Waals surface area contributed by atoms with Crippen LogP contribution < -0.4 is 14.2 Å². The summed E-state index contributed by atoms with van der Waals surface area (Å²) >= 11 is 0. The molecule has 0 spiro atoms. The summed E-state index contributed by atoms with van der Waals surface area (Å²) in [6.45, 7) is 0. The van der Waals surface area contributed by atoms with Crippen LogP contribution in [0.25, 0.3) is 33.2 Å². The Balaban J connectivity index is 1.53. The van der Waals surface area contributed by atoms with Crippen molar-refractivity contribution < 1.29 is 13.7 Å². The summed E-state index contributed by atoms with van der Waals surface area (Å²) in [4.78, 5) is 17.5. The van der Waals surface area contributed by atoms with Crippen LogP contribution >= 0.6 is 0 Å². The fourth-order valence-corrected chi connectivity index (χ4v) is 4.67. The molecule has 5 aromatic rings. The third kappa shape index (κ3) is 4.53. The zero-order valence-electron chi connectivity index (χ0n) is 19.0. The van der Waals surface area contributed by atoms with Crippen LogP contribution in [0.15, 0.2) is 90.5 Å². The van der Waals surface area contributed by atoms with Crippen molar-refractivity contribution in [3.63, 3.8) is 0 Å². The molecule has 1 atom stereocenters. The molecular formula is C26H21N5O3S. The maximum Gasteiger partial charge on any atom is 0.221 e. The molecule has 35 heavy (non-hydrogen) atoms. The van der Waals surface area contributed by atoms with Crippen LogP contribution in [0.4, 0.5) is 5.82 Å². The quantitative estimate of drug-likeness (QED) is 0.351. The molecule has 1 N–H and O–H groups in total. The van der Waals surface area contributed by atoms with Crippen LogP contribution in [-0.2, 0) is 11.0 Å². The SMILES string of the molecule is COc1cc(-c2cccnc2OC)ccc1-c1nccc2cc(S(=O)Nc3ccncn3)ccc12. The standard InChI is InChI=1S/C26H21N5O3S/c1-33-23-15-17(21-4-3-11-29-26(21)34-2)5-7-22(23)25-20-8-6-19(14-18(20)9-13-28-25)35(32)31-24-10-12-27-16-30-24/h3-16H,1-2H3,(H,27,30,31). The Hall–Kier alpha value is -4.37. The number of rotatable bonds is 7. The highest BCUT2D eigenvalue weighted by Crippen LogP contribution is 2.38. The van der Waals surface area contributed by atoms with E-state index in [-0.39, 0.29) is 0 Å². The van der Waals surface area contributed by atoms with Crippen molar-refractivity contribution in [2.75, 3.05) is 18.9 Å². The van der Waals surface area contributed by atoms with E-state index in [0.717, 1.165) is 33.2 Å². The van der Waals surface area contributed by atoms with Gasteiger partial charge in [-0.15, -0.1) is 0 Å². The van der Waals surface area contributed by atoms with Gasteiger partial charge in [-0.25, -0.2) is 19.2 Å². The lowest BCUT2D eigenvalue weighted by atomic mass is 9.99. The monoisotopic (exact) mass is 483 g/mol. The Morgan fingerprint density at radius 2 is 1.74 bits per heavy atom. The number of methoxy groups -OCH3 is 2.